The highest BCUT2D eigenvalue weighted by Crippen LogP contribution is 1.98. The van der Waals surface area contributed by atoms with Crippen LogP contribution in [0.1, 0.15) is 13.3 Å². The van der Waals surface area contributed by atoms with Crippen LogP contribution in [-0.4, -0.2) is 47.5 Å². The molecule has 0 aromatic heterocycles. The van der Waals surface area contributed by atoms with Crippen LogP contribution in [0.2, 0.25) is 0 Å². The number of hydrogen-bond donors (Lipinski definition) is 2. The maximum atomic E-state index is 11.5. The molecule has 0 aromatic carbocycles. The summed E-state index contributed by atoms with van der Waals surface area (Å²) in [4.78, 5) is 0. The third-order valence-electron chi connectivity index (χ3n) is 1.84. The number of nitrogens with one attached hydrogen (secondary N) is 2. The zero-order chi connectivity index (χ0) is 11.0. The highest BCUT2D eigenvalue weighted by atomic mass is 32.2. The van der Waals surface area contributed by atoms with Gasteiger partial charge in [-0.2, -0.15) is 0 Å². The predicted molar refractivity (Wildman–Crippen MR) is 56.8 cm³/mol. The molecule has 1 unspecified atom stereocenters. The summed E-state index contributed by atoms with van der Waals surface area (Å²) >= 11 is 0. The van der Waals surface area contributed by atoms with Crippen molar-refractivity contribution in [3.05, 3.63) is 0 Å². The van der Waals surface area contributed by atoms with Crippen LogP contribution in [0.5, 0.6) is 0 Å². The average molecular weight is 224 g/mol. The topological polar surface area (TPSA) is 67.4 Å². The van der Waals surface area contributed by atoms with Crippen LogP contribution in [0.15, 0.2) is 0 Å². The van der Waals surface area contributed by atoms with Gasteiger partial charge >= 0.3 is 0 Å². The van der Waals surface area contributed by atoms with Crippen molar-refractivity contribution in [1.29, 1.82) is 0 Å². The Bertz CT molecular complexity index is 229. The van der Waals surface area contributed by atoms with Gasteiger partial charge in [-0.25, -0.2) is 13.1 Å². The molecule has 0 aliphatic carbocycles. The molecule has 0 saturated heterocycles. The van der Waals surface area contributed by atoms with Crippen molar-refractivity contribution in [3.8, 4) is 0 Å². The third-order valence-corrected chi connectivity index (χ3v) is 3.64. The first kappa shape index (κ1) is 13.8. The van der Waals surface area contributed by atoms with Gasteiger partial charge in [0.15, 0.2) is 0 Å². The molecule has 5 nitrogen and oxygen atoms in total. The fourth-order valence-corrected chi connectivity index (χ4v) is 1.97. The van der Waals surface area contributed by atoms with Crippen LogP contribution in [0.3, 0.4) is 0 Å². The van der Waals surface area contributed by atoms with E-state index in [1.807, 2.05) is 7.05 Å². The predicted octanol–water partition coefficient (Wildman–Crippen LogP) is -0.450. The highest BCUT2D eigenvalue weighted by molar-refractivity contribution is 7.90. The molecule has 0 saturated carbocycles. The van der Waals surface area contributed by atoms with Crippen molar-refractivity contribution in [3.63, 3.8) is 0 Å². The third kappa shape index (κ3) is 5.54. The van der Waals surface area contributed by atoms with Crippen molar-refractivity contribution in [2.45, 2.75) is 18.6 Å². The van der Waals surface area contributed by atoms with E-state index in [1.165, 1.54) is 7.11 Å². The Labute approximate surface area is 86.3 Å². The molecular formula is C8H20N2O3S. The minimum Gasteiger partial charge on any atom is -0.383 e. The van der Waals surface area contributed by atoms with Crippen LogP contribution < -0.4 is 10.0 Å². The Kier molecular flexibility index (Phi) is 7.08. The van der Waals surface area contributed by atoms with Crippen LogP contribution in [-0.2, 0) is 14.8 Å². The van der Waals surface area contributed by atoms with Crippen molar-refractivity contribution in [2.24, 2.45) is 0 Å². The fraction of sp³-hybridized carbons (Fsp3) is 1.00. The van der Waals surface area contributed by atoms with E-state index in [0.717, 1.165) is 13.0 Å². The molecule has 0 rings (SSSR count). The lowest BCUT2D eigenvalue weighted by molar-refractivity contribution is 0.200. The van der Waals surface area contributed by atoms with E-state index in [9.17, 15) is 8.42 Å². The second-order valence-electron chi connectivity index (χ2n) is 3.16. The second-order valence-corrected chi connectivity index (χ2v) is 5.35. The Hall–Kier alpha value is -0.170. The number of methoxy groups -OCH3 is 1. The first-order valence-corrected chi connectivity index (χ1v) is 6.21. The minimum absolute atomic E-state index is 0.224. The molecule has 0 bridgehead atoms. The van der Waals surface area contributed by atoms with Gasteiger partial charge in [-0.15, -0.1) is 0 Å². The van der Waals surface area contributed by atoms with Gasteiger partial charge in [0.05, 0.1) is 11.9 Å². The monoisotopic (exact) mass is 224 g/mol. The van der Waals surface area contributed by atoms with E-state index in [4.69, 9.17) is 4.74 Å². The first-order chi connectivity index (χ1) is 6.54. The molecule has 6 heteroatoms. The first-order valence-electron chi connectivity index (χ1n) is 4.66. The van der Waals surface area contributed by atoms with Gasteiger partial charge in [-0.3, -0.25) is 0 Å². The smallest absolute Gasteiger partial charge is 0.216 e. The van der Waals surface area contributed by atoms with Crippen LogP contribution >= 0.6 is 0 Å². The summed E-state index contributed by atoms with van der Waals surface area (Å²) in [6, 6.07) is 0. The molecule has 2 N–H and O–H groups in total. The van der Waals surface area contributed by atoms with Crippen molar-refractivity contribution >= 4 is 10.0 Å². The Morgan fingerprint density at radius 3 is 2.50 bits per heavy atom. The van der Waals surface area contributed by atoms with Gasteiger partial charge in [0.1, 0.15) is 0 Å². The van der Waals surface area contributed by atoms with E-state index in [2.05, 4.69) is 10.0 Å². The summed E-state index contributed by atoms with van der Waals surface area (Å²) in [6.45, 7) is 3.13. The molecule has 0 spiro atoms. The maximum Gasteiger partial charge on any atom is 0.216 e. The standard InChI is InChI=1S/C8H20N2O3S/c1-8(7-13-3)14(11,12)10-6-4-5-9-2/h8-10H,4-7H2,1-3H3. The zero-order valence-electron chi connectivity index (χ0n) is 9.04. The quantitative estimate of drug-likeness (QED) is 0.548. The van der Waals surface area contributed by atoms with E-state index in [1.54, 1.807) is 6.92 Å². The summed E-state index contributed by atoms with van der Waals surface area (Å²) in [6.07, 6.45) is 0.787. The van der Waals surface area contributed by atoms with Gasteiger partial charge in [0.25, 0.3) is 0 Å². The molecule has 0 radical (unpaired) electrons. The molecule has 0 amide bonds. The lowest BCUT2D eigenvalue weighted by Crippen LogP contribution is -2.36. The van der Waals surface area contributed by atoms with E-state index < -0.39 is 15.3 Å². The van der Waals surface area contributed by atoms with Gasteiger partial charge in [0.2, 0.25) is 10.0 Å². The molecule has 0 aromatic rings. The van der Waals surface area contributed by atoms with Crippen molar-refractivity contribution < 1.29 is 13.2 Å². The van der Waals surface area contributed by atoms with Crippen molar-refractivity contribution in [2.75, 3.05) is 33.9 Å². The van der Waals surface area contributed by atoms with Gasteiger partial charge in [0, 0.05) is 13.7 Å². The summed E-state index contributed by atoms with van der Waals surface area (Å²) in [5.41, 5.74) is 0. The molecule has 14 heavy (non-hydrogen) atoms. The van der Waals surface area contributed by atoms with Crippen LogP contribution in [0.25, 0.3) is 0 Å². The average Bonchev–Trinajstić information content (AvgIpc) is 2.13. The lowest BCUT2D eigenvalue weighted by atomic mass is 10.4. The summed E-state index contributed by atoms with van der Waals surface area (Å²) in [7, 11) is 0.123. The largest absolute Gasteiger partial charge is 0.383 e. The molecule has 0 fully saturated rings. The fourth-order valence-electron chi connectivity index (χ4n) is 0.946. The molecular weight excluding hydrogens is 204 g/mol. The Balaban J connectivity index is 3.83. The van der Waals surface area contributed by atoms with Crippen LogP contribution in [0.4, 0.5) is 0 Å². The second kappa shape index (κ2) is 7.17. The van der Waals surface area contributed by atoms with Crippen LogP contribution in [0, 0.1) is 0 Å². The SMILES string of the molecule is CNCCCNS(=O)(=O)C(C)COC. The molecule has 1 atom stereocenters. The van der Waals surface area contributed by atoms with E-state index in [0.29, 0.717) is 6.54 Å². The number of hydrogen-bond acceptors (Lipinski definition) is 4. The van der Waals surface area contributed by atoms with Gasteiger partial charge < -0.3 is 10.1 Å². The molecule has 86 valence electrons. The summed E-state index contributed by atoms with van der Waals surface area (Å²) in [5, 5.41) is 2.45. The Morgan fingerprint density at radius 2 is 2.00 bits per heavy atom. The van der Waals surface area contributed by atoms with Crippen molar-refractivity contribution in [1.82, 2.24) is 10.0 Å². The zero-order valence-corrected chi connectivity index (χ0v) is 9.86. The number of rotatable bonds is 8. The minimum atomic E-state index is -3.21. The highest BCUT2D eigenvalue weighted by Gasteiger charge is 2.19. The summed E-state index contributed by atoms with van der Waals surface area (Å²) < 4.78 is 30.3. The summed E-state index contributed by atoms with van der Waals surface area (Å²) in [5.74, 6) is 0. The van der Waals surface area contributed by atoms with E-state index in [-0.39, 0.29) is 6.61 Å². The molecule has 0 aliphatic rings. The molecule has 0 heterocycles. The molecule has 0 aliphatic heterocycles. The maximum absolute atomic E-state index is 11.5. The number of ether oxygens (including phenoxy) is 1. The lowest BCUT2D eigenvalue weighted by Gasteiger charge is -2.12. The van der Waals surface area contributed by atoms with E-state index >= 15 is 0 Å². The number of sulfonamides is 1. The Morgan fingerprint density at radius 1 is 1.36 bits per heavy atom. The normalized spacial score (nSPS) is 14.2. The van der Waals surface area contributed by atoms with Gasteiger partial charge in [-0.1, -0.05) is 0 Å². The van der Waals surface area contributed by atoms with Gasteiger partial charge in [-0.05, 0) is 26.9 Å².